The van der Waals surface area contributed by atoms with Crippen LogP contribution >= 0.6 is 0 Å². The van der Waals surface area contributed by atoms with E-state index in [0.29, 0.717) is 11.5 Å². The number of rotatable bonds is 4. The van der Waals surface area contributed by atoms with E-state index in [0.717, 1.165) is 25.1 Å². The normalized spacial score (nSPS) is 18.4. The SMILES string of the molecule is CN1CCCC[C@@H]1C(=O)Nc1ccc(Oc2cccnc2)cc1. The standard InChI is InChI=1S/C18H21N3O2/c1-21-12-3-2-6-17(21)18(22)20-14-7-9-15(10-8-14)23-16-5-4-11-19-13-16/h4-5,7-11,13,17H,2-3,6,12H2,1H3,(H,20,22)/t17-/m1/s1. The van der Waals surface area contributed by atoms with Crippen LogP contribution in [0.5, 0.6) is 11.5 Å². The average Bonchev–Trinajstić information content (AvgIpc) is 2.58. The Morgan fingerprint density at radius 1 is 1.22 bits per heavy atom. The van der Waals surface area contributed by atoms with Crippen molar-refractivity contribution in [3.05, 3.63) is 48.8 Å². The van der Waals surface area contributed by atoms with Crippen LogP contribution in [0, 0.1) is 0 Å². The summed E-state index contributed by atoms with van der Waals surface area (Å²) in [5, 5.41) is 2.98. The maximum atomic E-state index is 12.4. The summed E-state index contributed by atoms with van der Waals surface area (Å²) in [5.41, 5.74) is 0.785. The molecule has 5 nitrogen and oxygen atoms in total. The molecule has 1 amide bonds. The van der Waals surface area contributed by atoms with Gasteiger partial charge in [0, 0.05) is 11.9 Å². The third-order valence-electron chi connectivity index (χ3n) is 4.07. The molecule has 0 bridgehead atoms. The highest BCUT2D eigenvalue weighted by molar-refractivity contribution is 5.94. The highest BCUT2D eigenvalue weighted by atomic mass is 16.5. The van der Waals surface area contributed by atoms with E-state index in [1.54, 1.807) is 12.4 Å². The monoisotopic (exact) mass is 311 g/mol. The highest BCUT2D eigenvalue weighted by Crippen LogP contribution is 2.23. The molecule has 0 saturated carbocycles. The van der Waals surface area contributed by atoms with E-state index in [1.165, 1.54) is 6.42 Å². The number of ether oxygens (including phenoxy) is 1. The fraction of sp³-hybridized carbons (Fsp3) is 0.333. The summed E-state index contributed by atoms with van der Waals surface area (Å²) in [4.78, 5) is 18.5. The number of hydrogen-bond acceptors (Lipinski definition) is 4. The van der Waals surface area contributed by atoms with E-state index in [1.807, 2.05) is 43.4 Å². The van der Waals surface area contributed by atoms with Crippen LogP contribution in [0.3, 0.4) is 0 Å². The van der Waals surface area contributed by atoms with Crippen LogP contribution in [-0.4, -0.2) is 35.4 Å². The van der Waals surface area contributed by atoms with Crippen molar-refractivity contribution in [3.8, 4) is 11.5 Å². The molecular weight excluding hydrogens is 290 g/mol. The first-order chi connectivity index (χ1) is 11.2. The molecule has 1 aliphatic heterocycles. The smallest absolute Gasteiger partial charge is 0.241 e. The fourth-order valence-electron chi connectivity index (χ4n) is 2.78. The van der Waals surface area contributed by atoms with E-state index >= 15 is 0 Å². The highest BCUT2D eigenvalue weighted by Gasteiger charge is 2.25. The molecule has 0 radical (unpaired) electrons. The van der Waals surface area contributed by atoms with Gasteiger partial charge in [0.2, 0.25) is 5.91 Å². The zero-order valence-corrected chi connectivity index (χ0v) is 13.2. The van der Waals surface area contributed by atoms with Crippen molar-refractivity contribution in [3.63, 3.8) is 0 Å². The van der Waals surface area contributed by atoms with Crippen molar-refractivity contribution in [2.24, 2.45) is 0 Å². The number of carbonyl (C=O) groups excluding carboxylic acids is 1. The largest absolute Gasteiger partial charge is 0.456 e. The van der Waals surface area contributed by atoms with Crippen LogP contribution in [0.15, 0.2) is 48.8 Å². The van der Waals surface area contributed by atoms with Crippen molar-refractivity contribution in [1.29, 1.82) is 0 Å². The van der Waals surface area contributed by atoms with Gasteiger partial charge >= 0.3 is 0 Å². The Morgan fingerprint density at radius 2 is 2.04 bits per heavy atom. The molecule has 2 aromatic rings. The van der Waals surface area contributed by atoms with Crippen molar-refractivity contribution in [2.75, 3.05) is 18.9 Å². The third kappa shape index (κ3) is 4.07. The maximum absolute atomic E-state index is 12.4. The van der Waals surface area contributed by atoms with Crippen molar-refractivity contribution < 1.29 is 9.53 Å². The lowest BCUT2D eigenvalue weighted by Gasteiger charge is -2.31. The molecule has 2 heterocycles. The van der Waals surface area contributed by atoms with Crippen molar-refractivity contribution in [2.45, 2.75) is 25.3 Å². The van der Waals surface area contributed by atoms with Crippen LogP contribution in [-0.2, 0) is 4.79 Å². The zero-order chi connectivity index (χ0) is 16.1. The Morgan fingerprint density at radius 3 is 2.74 bits per heavy atom. The number of anilines is 1. The van der Waals surface area contributed by atoms with Gasteiger partial charge in [0.15, 0.2) is 0 Å². The number of likely N-dealkylation sites (N-methyl/N-ethyl adjacent to an activating group) is 1. The lowest BCUT2D eigenvalue weighted by molar-refractivity contribution is -0.121. The summed E-state index contributed by atoms with van der Waals surface area (Å²) in [7, 11) is 2.01. The van der Waals surface area contributed by atoms with Gasteiger partial charge in [0.25, 0.3) is 0 Å². The van der Waals surface area contributed by atoms with Crippen LogP contribution in [0.25, 0.3) is 0 Å². The summed E-state index contributed by atoms with van der Waals surface area (Å²) in [6.45, 7) is 0.982. The molecule has 0 unspecified atom stereocenters. The Hall–Kier alpha value is -2.40. The lowest BCUT2D eigenvalue weighted by Crippen LogP contribution is -2.44. The molecule has 1 aromatic carbocycles. The molecule has 1 aliphatic rings. The summed E-state index contributed by atoms with van der Waals surface area (Å²) in [6.07, 6.45) is 6.56. The number of hydrogen-bond donors (Lipinski definition) is 1. The number of piperidine rings is 1. The second-order valence-electron chi connectivity index (χ2n) is 5.80. The number of nitrogens with one attached hydrogen (secondary N) is 1. The minimum atomic E-state index is -0.0323. The number of amides is 1. The van der Waals surface area contributed by atoms with Gasteiger partial charge in [-0.15, -0.1) is 0 Å². The minimum Gasteiger partial charge on any atom is -0.456 e. The molecular formula is C18H21N3O2. The molecule has 3 rings (SSSR count). The quantitative estimate of drug-likeness (QED) is 0.941. The van der Waals surface area contributed by atoms with Gasteiger partial charge in [-0.3, -0.25) is 14.7 Å². The van der Waals surface area contributed by atoms with Gasteiger partial charge in [-0.2, -0.15) is 0 Å². The molecule has 1 atom stereocenters. The molecule has 1 N–H and O–H groups in total. The molecule has 5 heteroatoms. The molecule has 0 spiro atoms. The number of likely N-dealkylation sites (tertiary alicyclic amines) is 1. The van der Waals surface area contributed by atoms with Gasteiger partial charge in [-0.1, -0.05) is 6.42 Å². The molecule has 1 saturated heterocycles. The van der Waals surface area contributed by atoms with Crippen LogP contribution in [0.4, 0.5) is 5.69 Å². The van der Waals surface area contributed by atoms with Gasteiger partial charge in [-0.05, 0) is 62.8 Å². The van der Waals surface area contributed by atoms with E-state index in [9.17, 15) is 4.79 Å². The lowest BCUT2D eigenvalue weighted by atomic mass is 10.0. The van der Waals surface area contributed by atoms with Crippen molar-refractivity contribution >= 4 is 11.6 Å². The molecule has 1 fully saturated rings. The van der Waals surface area contributed by atoms with Crippen LogP contribution in [0.1, 0.15) is 19.3 Å². The second kappa shape index (κ2) is 7.24. The molecule has 120 valence electrons. The summed E-state index contributed by atoms with van der Waals surface area (Å²) in [6, 6.07) is 11.0. The number of nitrogens with zero attached hydrogens (tertiary/aromatic N) is 2. The summed E-state index contributed by atoms with van der Waals surface area (Å²) in [5.74, 6) is 1.46. The maximum Gasteiger partial charge on any atom is 0.241 e. The molecule has 1 aromatic heterocycles. The van der Waals surface area contributed by atoms with Gasteiger partial charge in [0.05, 0.1) is 12.2 Å². The van der Waals surface area contributed by atoms with Gasteiger partial charge in [-0.25, -0.2) is 0 Å². The van der Waals surface area contributed by atoms with Crippen LogP contribution in [0.2, 0.25) is 0 Å². The Labute approximate surface area is 136 Å². The van der Waals surface area contributed by atoms with E-state index in [2.05, 4.69) is 15.2 Å². The number of aromatic nitrogens is 1. The second-order valence-corrected chi connectivity index (χ2v) is 5.80. The summed E-state index contributed by atoms with van der Waals surface area (Å²) >= 11 is 0. The van der Waals surface area contributed by atoms with E-state index in [4.69, 9.17) is 4.74 Å². The molecule has 23 heavy (non-hydrogen) atoms. The predicted octanol–water partition coefficient (Wildman–Crippen LogP) is 3.30. The number of carbonyl (C=O) groups is 1. The van der Waals surface area contributed by atoms with Crippen LogP contribution < -0.4 is 10.1 Å². The third-order valence-corrected chi connectivity index (χ3v) is 4.07. The Bertz CT molecular complexity index is 643. The number of benzene rings is 1. The molecule has 0 aliphatic carbocycles. The van der Waals surface area contributed by atoms with Crippen molar-refractivity contribution in [1.82, 2.24) is 9.88 Å². The Balaban J connectivity index is 1.60. The fourth-order valence-corrected chi connectivity index (χ4v) is 2.78. The first kappa shape index (κ1) is 15.5. The van der Waals surface area contributed by atoms with E-state index < -0.39 is 0 Å². The topological polar surface area (TPSA) is 54.5 Å². The van der Waals surface area contributed by atoms with E-state index in [-0.39, 0.29) is 11.9 Å². The van der Waals surface area contributed by atoms with Gasteiger partial charge in [0.1, 0.15) is 11.5 Å². The Kier molecular flexibility index (Phi) is 4.88. The van der Waals surface area contributed by atoms with Gasteiger partial charge < -0.3 is 10.1 Å². The predicted molar refractivity (Wildman–Crippen MR) is 89.7 cm³/mol. The first-order valence-corrected chi connectivity index (χ1v) is 7.91. The minimum absolute atomic E-state index is 0.0323. The summed E-state index contributed by atoms with van der Waals surface area (Å²) < 4.78 is 5.69. The number of pyridine rings is 1. The zero-order valence-electron chi connectivity index (χ0n) is 13.2. The average molecular weight is 311 g/mol. The first-order valence-electron chi connectivity index (χ1n) is 7.91.